The van der Waals surface area contributed by atoms with E-state index in [0.717, 1.165) is 28.3 Å². The van der Waals surface area contributed by atoms with Crippen LogP contribution in [0.4, 0.5) is 23.5 Å². The van der Waals surface area contributed by atoms with Gasteiger partial charge in [-0.3, -0.25) is 0 Å². The molecule has 37 heavy (non-hydrogen) atoms. The Balaban J connectivity index is 1.57. The Kier molecular flexibility index (Phi) is 8.08. The van der Waals surface area contributed by atoms with Gasteiger partial charge < -0.3 is 25.4 Å². The molecule has 4 rings (SSSR count). The Labute approximate surface area is 218 Å². The summed E-state index contributed by atoms with van der Waals surface area (Å²) in [6, 6.07) is 24.0. The first-order chi connectivity index (χ1) is 17.9. The molecule has 192 valence electrons. The van der Waals surface area contributed by atoms with Crippen LogP contribution in [0, 0.1) is 0 Å². The summed E-state index contributed by atoms with van der Waals surface area (Å²) < 4.78 is 10.9. The van der Waals surface area contributed by atoms with Crippen molar-refractivity contribution in [3.05, 3.63) is 89.5 Å². The van der Waals surface area contributed by atoms with Crippen molar-refractivity contribution in [1.82, 2.24) is 15.0 Å². The molecular weight excluding hydrogens is 464 g/mol. The first kappa shape index (κ1) is 25.8. The number of para-hydroxylation sites is 2. The molecule has 4 aromatic rings. The highest BCUT2D eigenvalue weighted by Crippen LogP contribution is 2.25. The zero-order chi connectivity index (χ0) is 26.3. The lowest BCUT2D eigenvalue weighted by atomic mass is 9.87. The van der Waals surface area contributed by atoms with Crippen molar-refractivity contribution >= 4 is 23.5 Å². The molecule has 8 heteroatoms. The SMILES string of the molecule is COc1ccccc1CNc1nc(NCc2ccccc2OC)nc(Nc2ccc(C(C)(C)C)cc2)n1. The zero-order valence-electron chi connectivity index (χ0n) is 22.0. The number of rotatable bonds is 10. The van der Waals surface area contributed by atoms with Gasteiger partial charge in [-0.1, -0.05) is 69.3 Å². The first-order valence-electron chi connectivity index (χ1n) is 12.2. The Morgan fingerprint density at radius 1 is 0.622 bits per heavy atom. The minimum atomic E-state index is 0.0802. The summed E-state index contributed by atoms with van der Waals surface area (Å²) in [4.78, 5) is 13.8. The van der Waals surface area contributed by atoms with E-state index in [2.05, 4.69) is 63.8 Å². The third-order valence-corrected chi connectivity index (χ3v) is 5.90. The van der Waals surface area contributed by atoms with Gasteiger partial charge in [-0.25, -0.2) is 0 Å². The van der Waals surface area contributed by atoms with Crippen molar-refractivity contribution in [2.45, 2.75) is 39.3 Å². The van der Waals surface area contributed by atoms with Crippen LogP contribution in [0.3, 0.4) is 0 Å². The summed E-state index contributed by atoms with van der Waals surface area (Å²) in [6.45, 7) is 7.59. The molecule has 0 aliphatic heterocycles. The summed E-state index contributed by atoms with van der Waals surface area (Å²) in [5.41, 5.74) is 4.23. The van der Waals surface area contributed by atoms with Crippen LogP contribution in [0.2, 0.25) is 0 Å². The van der Waals surface area contributed by atoms with E-state index in [-0.39, 0.29) is 5.41 Å². The van der Waals surface area contributed by atoms with Crippen LogP contribution in [0.5, 0.6) is 11.5 Å². The van der Waals surface area contributed by atoms with E-state index in [9.17, 15) is 0 Å². The van der Waals surface area contributed by atoms with Gasteiger partial charge in [0.2, 0.25) is 17.8 Å². The lowest BCUT2D eigenvalue weighted by Gasteiger charge is -2.19. The summed E-state index contributed by atoms with van der Waals surface area (Å²) in [5, 5.41) is 9.92. The van der Waals surface area contributed by atoms with E-state index in [1.54, 1.807) is 14.2 Å². The molecule has 0 aliphatic rings. The molecular formula is C29H34N6O2. The second kappa shape index (κ2) is 11.6. The summed E-state index contributed by atoms with van der Waals surface area (Å²) in [6.07, 6.45) is 0. The number of benzene rings is 3. The predicted octanol–water partition coefficient (Wildman–Crippen LogP) is 6.15. The van der Waals surface area contributed by atoms with Crippen LogP contribution in [-0.4, -0.2) is 29.2 Å². The van der Waals surface area contributed by atoms with Gasteiger partial charge in [0.25, 0.3) is 0 Å². The maximum absolute atomic E-state index is 5.47. The van der Waals surface area contributed by atoms with E-state index < -0.39 is 0 Å². The van der Waals surface area contributed by atoms with Crippen LogP contribution < -0.4 is 25.4 Å². The van der Waals surface area contributed by atoms with Crippen LogP contribution >= 0.6 is 0 Å². The number of methoxy groups -OCH3 is 2. The molecule has 8 nitrogen and oxygen atoms in total. The van der Waals surface area contributed by atoms with Gasteiger partial charge in [0.05, 0.1) is 14.2 Å². The van der Waals surface area contributed by atoms with E-state index in [0.29, 0.717) is 30.9 Å². The van der Waals surface area contributed by atoms with Crippen LogP contribution in [0.15, 0.2) is 72.8 Å². The molecule has 3 aromatic carbocycles. The smallest absolute Gasteiger partial charge is 0.233 e. The van der Waals surface area contributed by atoms with E-state index >= 15 is 0 Å². The average Bonchev–Trinajstić information content (AvgIpc) is 2.90. The number of ether oxygens (including phenoxy) is 2. The average molecular weight is 499 g/mol. The van der Waals surface area contributed by atoms with Crippen molar-refractivity contribution < 1.29 is 9.47 Å². The molecule has 0 amide bonds. The van der Waals surface area contributed by atoms with Crippen molar-refractivity contribution in [1.29, 1.82) is 0 Å². The van der Waals surface area contributed by atoms with Gasteiger partial charge in [0, 0.05) is 29.9 Å². The number of hydrogen-bond acceptors (Lipinski definition) is 8. The van der Waals surface area contributed by atoms with Crippen molar-refractivity contribution in [2.24, 2.45) is 0 Å². The van der Waals surface area contributed by atoms with Crippen LogP contribution in [-0.2, 0) is 18.5 Å². The number of hydrogen-bond donors (Lipinski definition) is 3. The number of anilines is 4. The minimum absolute atomic E-state index is 0.0802. The minimum Gasteiger partial charge on any atom is -0.496 e. The molecule has 3 N–H and O–H groups in total. The van der Waals surface area contributed by atoms with Crippen LogP contribution in [0.1, 0.15) is 37.5 Å². The van der Waals surface area contributed by atoms with E-state index in [1.165, 1.54) is 5.56 Å². The molecule has 0 aliphatic carbocycles. The summed E-state index contributed by atoms with van der Waals surface area (Å²) >= 11 is 0. The predicted molar refractivity (Wildman–Crippen MR) is 149 cm³/mol. The second-order valence-electron chi connectivity index (χ2n) is 9.59. The summed E-state index contributed by atoms with van der Waals surface area (Å²) in [5.74, 6) is 2.92. The lowest BCUT2D eigenvalue weighted by Crippen LogP contribution is -2.12. The highest BCUT2D eigenvalue weighted by molar-refractivity contribution is 5.56. The van der Waals surface area contributed by atoms with Gasteiger partial charge in [0.15, 0.2) is 0 Å². The topological polar surface area (TPSA) is 93.2 Å². The third-order valence-electron chi connectivity index (χ3n) is 5.90. The molecule has 0 fully saturated rings. The van der Waals surface area contributed by atoms with E-state index in [1.807, 2.05) is 60.7 Å². The maximum atomic E-state index is 5.47. The van der Waals surface area contributed by atoms with Gasteiger partial charge in [-0.15, -0.1) is 0 Å². The summed E-state index contributed by atoms with van der Waals surface area (Å²) in [7, 11) is 3.32. The van der Waals surface area contributed by atoms with Gasteiger partial charge >= 0.3 is 0 Å². The largest absolute Gasteiger partial charge is 0.496 e. The molecule has 1 aromatic heterocycles. The normalized spacial score (nSPS) is 11.1. The fourth-order valence-electron chi connectivity index (χ4n) is 3.82. The molecule has 0 unspecified atom stereocenters. The first-order valence-corrected chi connectivity index (χ1v) is 12.2. The maximum Gasteiger partial charge on any atom is 0.233 e. The fourth-order valence-corrected chi connectivity index (χ4v) is 3.82. The van der Waals surface area contributed by atoms with E-state index in [4.69, 9.17) is 9.47 Å². The van der Waals surface area contributed by atoms with Crippen LogP contribution in [0.25, 0.3) is 0 Å². The Bertz CT molecular complexity index is 1250. The second-order valence-corrected chi connectivity index (χ2v) is 9.59. The Hall–Kier alpha value is -4.33. The highest BCUT2D eigenvalue weighted by atomic mass is 16.5. The standard InChI is InChI=1S/C29H34N6O2/c1-29(2,3)22-14-16-23(17-15-22)32-28-34-26(30-18-20-10-6-8-12-24(20)36-4)33-27(35-28)31-19-21-11-7-9-13-25(21)37-5/h6-17H,18-19H2,1-5H3,(H3,30,31,32,33,34,35). The number of nitrogens with one attached hydrogen (secondary N) is 3. The molecule has 1 heterocycles. The highest BCUT2D eigenvalue weighted by Gasteiger charge is 2.14. The third kappa shape index (κ3) is 6.88. The zero-order valence-corrected chi connectivity index (χ0v) is 22.0. The Morgan fingerprint density at radius 3 is 1.54 bits per heavy atom. The molecule has 0 saturated carbocycles. The van der Waals surface area contributed by atoms with Gasteiger partial charge in [-0.2, -0.15) is 15.0 Å². The van der Waals surface area contributed by atoms with Gasteiger partial charge in [-0.05, 0) is 35.2 Å². The molecule has 0 radical (unpaired) electrons. The quantitative estimate of drug-likeness (QED) is 0.240. The molecule has 0 spiro atoms. The number of nitrogens with zero attached hydrogens (tertiary/aromatic N) is 3. The molecule has 0 saturated heterocycles. The van der Waals surface area contributed by atoms with Crippen molar-refractivity contribution in [3.8, 4) is 11.5 Å². The molecule has 0 bridgehead atoms. The monoisotopic (exact) mass is 498 g/mol. The fraction of sp³-hybridized carbons (Fsp3) is 0.276. The Morgan fingerprint density at radius 2 is 1.08 bits per heavy atom. The van der Waals surface area contributed by atoms with Crippen molar-refractivity contribution in [2.75, 3.05) is 30.2 Å². The molecule has 0 atom stereocenters. The van der Waals surface area contributed by atoms with Crippen molar-refractivity contribution in [3.63, 3.8) is 0 Å². The number of aromatic nitrogens is 3. The van der Waals surface area contributed by atoms with Gasteiger partial charge in [0.1, 0.15) is 11.5 Å². The lowest BCUT2D eigenvalue weighted by molar-refractivity contribution is 0.410.